The summed E-state index contributed by atoms with van der Waals surface area (Å²) in [7, 11) is 0. The van der Waals surface area contributed by atoms with Gasteiger partial charge in [-0.15, -0.1) is 6.58 Å². The molecular formula is C18H20N4O2. The van der Waals surface area contributed by atoms with Gasteiger partial charge in [0.15, 0.2) is 0 Å². The third kappa shape index (κ3) is 5.00. The maximum Gasteiger partial charge on any atom is 0.309 e. The Hall–Kier alpha value is -3.04. The maximum atomic E-state index is 11.3. The molecule has 0 radical (unpaired) electrons. The average Bonchev–Trinajstić information content (AvgIpc) is 2.52. The molecule has 0 heterocycles. The van der Waals surface area contributed by atoms with Gasteiger partial charge in [0.2, 0.25) is 0 Å². The molecule has 1 N–H and O–H groups in total. The van der Waals surface area contributed by atoms with E-state index in [1.165, 1.54) is 6.08 Å². The molecule has 1 aliphatic carbocycles. The first-order chi connectivity index (χ1) is 11.4. The molecule has 0 unspecified atom stereocenters. The highest BCUT2D eigenvalue weighted by atomic mass is 16.5. The molecule has 0 bridgehead atoms. The SMILES string of the molecule is C=CCC(=O)OCCNC1=C(C#N)C(=C(C#N)C#N)CC(C)(C)C1. The number of carbonyl (C=O) groups excluding carboxylic acids is 1. The largest absolute Gasteiger partial charge is 0.464 e. The summed E-state index contributed by atoms with van der Waals surface area (Å²) in [5.41, 5.74) is 1.27. The van der Waals surface area contributed by atoms with Gasteiger partial charge in [-0.25, -0.2) is 0 Å². The van der Waals surface area contributed by atoms with E-state index in [1.807, 2.05) is 26.0 Å². The quantitative estimate of drug-likeness (QED) is 0.348. The fourth-order valence-corrected chi connectivity index (χ4v) is 2.58. The lowest BCUT2D eigenvalue weighted by Crippen LogP contribution is -2.30. The highest BCUT2D eigenvalue weighted by Gasteiger charge is 2.32. The Morgan fingerprint density at radius 1 is 1.33 bits per heavy atom. The van der Waals surface area contributed by atoms with Crippen LogP contribution in [0.4, 0.5) is 0 Å². The molecule has 0 saturated heterocycles. The van der Waals surface area contributed by atoms with Crippen LogP contribution in [0.2, 0.25) is 0 Å². The number of hydrogen-bond acceptors (Lipinski definition) is 6. The van der Waals surface area contributed by atoms with Gasteiger partial charge in [0.05, 0.1) is 12.0 Å². The van der Waals surface area contributed by atoms with Crippen molar-refractivity contribution in [3.05, 3.63) is 35.1 Å². The van der Waals surface area contributed by atoms with E-state index >= 15 is 0 Å². The lowest BCUT2D eigenvalue weighted by atomic mass is 9.73. The van der Waals surface area contributed by atoms with Gasteiger partial charge < -0.3 is 10.1 Å². The third-order valence-corrected chi connectivity index (χ3v) is 3.57. The van der Waals surface area contributed by atoms with Gasteiger partial charge in [0, 0.05) is 17.8 Å². The summed E-state index contributed by atoms with van der Waals surface area (Å²) in [5, 5.41) is 30.8. The second-order valence-electron chi connectivity index (χ2n) is 6.20. The normalized spacial score (nSPS) is 15.5. The van der Waals surface area contributed by atoms with Gasteiger partial charge in [-0.05, 0) is 18.3 Å². The van der Waals surface area contributed by atoms with Crippen molar-refractivity contribution < 1.29 is 9.53 Å². The van der Waals surface area contributed by atoms with E-state index in [2.05, 4.69) is 18.0 Å². The molecule has 24 heavy (non-hydrogen) atoms. The molecule has 0 aromatic rings. The highest BCUT2D eigenvalue weighted by Crippen LogP contribution is 2.41. The summed E-state index contributed by atoms with van der Waals surface area (Å²) in [6, 6.07) is 5.83. The van der Waals surface area contributed by atoms with E-state index < -0.39 is 0 Å². The minimum Gasteiger partial charge on any atom is -0.464 e. The van der Waals surface area contributed by atoms with Gasteiger partial charge >= 0.3 is 5.97 Å². The first kappa shape index (κ1) is 19.0. The van der Waals surface area contributed by atoms with E-state index in [4.69, 9.17) is 15.3 Å². The fraction of sp³-hybridized carbons (Fsp3) is 0.444. The van der Waals surface area contributed by atoms with Crippen LogP contribution in [0.15, 0.2) is 35.1 Å². The number of esters is 1. The molecule has 0 aromatic carbocycles. The van der Waals surface area contributed by atoms with Gasteiger partial charge in [0.1, 0.15) is 30.4 Å². The van der Waals surface area contributed by atoms with Gasteiger partial charge in [-0.3, -0.25) is 4.79 Å². The van der Waals surface area contributed by atoms with E-state index in [0.717, 1.165) is 0 Å². The third-order valence-electron chi connectivity index (χ3n) is 3.57. The predicted octanol–water partition coefficient (Wildman–Crippen LogP) is 2.64. The Balaban J connectivity index is 2.97. The Labute approximate surface area is 142 Å². The molecule has 1 aliphatic rings. The first-order valence-electron chi connectivity index (χ1n) is 7.56. The molecule has 124 valence electrons. The zero-order valence-corrected chi connectivity index (χ0v) is 14.0. The second-order valence-corrected chi connectivity index (χ2v) is 6.20. The van der Waals surface area contributed by atoms with Gasteiger partial charge in [-0.2, -0.15) is 15.8 Å². The molecule has 1 rings (SSSR count). The number of nitrogens with zero attached hydrogens (tertiary/aromatic N) is 3. The van der Waals surface area contributed by atoms with Crippen LogP contribution in [0.3, 0.4) is 0 Å². The van der Waals surface area contributed by atoms with Crippen LogP contribution < -0.4 is 5.32 Å². The van der Waals surface area contributed by atoms with Crippen molar-refractivity contribution in [3.8, 4) is 18.2 Å². The zero-order chi connectivity index (χ0) is 18.2. The van der Waals surface area contributed by atoms with E-state index in [0.29, 0.717) is 36.2 Å². The molecule has 6 nitrogen and oxygen atoms in total. The van der Waals surface area contributed by atoms with Crippen molar-refractivity contribution in [2.24, 2.45) is 5.41 Å². The van der Waals surface area contributed by atoms with E-state index in [9.17, 15) is 10.1 Å². The summed E-state index contributed by atoms with van der Waals surface area (Å²) < 4.78 is 5.02. The summed E-state index contributed by atoms with van der Waals surface area (Å²) in [4.78, 5) is 11.3. The molecule has 0 spiro atoms. The molecule has 0 amide bonds. The van der Waals surface area contributed by atoms with Crippen molar-refractivity contribution in [2.75, 3.05) is 13.2 Å². The number of rotatable bonds is 6. The minimum atomic E-state index is -0.359. The monoisotopic (exact) mass is 324 g/mol. The van der Waals surface area contributed by atoms with Crippen LogP contribution in [0.1, 0.15) is 33.1 Å². The Morgan fingerprint density at radius 2 is 2.00 bits per heavy atom. The molecule has 6 heteroatoms. The molecule has 0 atom stereocenters. The average molecular weight is 324 g/mol. The Morgan fingerprint density at radius 3 is 2.54 bits per heavy atom. The van der Waals surface area contributed by atoms with Crippen LogP contribution in [0, 0.1) is 39.4 Å². The van der Waals surface area contributed by atoms with Crippen molar-refractivity contribution in [2.45, 2.75) is 33.1 Å². The number of hydrogen-bond donors (Lipinski definition) is 1. The van der Waals surface area contributed by atoms with Gasteiger partial charge in [-0.1, -0.05) is 19.9 Å². The second kappa shape index (κ2) is 8.56. The zero-order valence-electron chi connectivity index (χ0n) is 14.0. The van der Waals surface area contributed by atoms with E-state index in [-0.39, 0.29) is 30.0 Å². The minimum absolute atomic E-state index is 0.0314. The van der Waals surface area contributed by atoms with E-state index in [1.54, 1.807) is 0 Å². The Kier molecular flexibility index (Phi) is 6.78. The van der Waals surface area contributed by atoms with Crippen molar-refractivity contribution in [3.63, 3.8) is 0 Å². The maximum absolute atomic E-state index is 11.3. The number of allylic oxidation sites excluding steroid dienone is 4. The van der Waals surface area contributed by atoms with Gasteiger partial charge in [0.25, 0.3) is 0 Å². The summed E-state index contributed by atoms with van der Waals surface area (Å²) >= 11 is 0. The van der Waals surface area contributed by atoms with Crippen molar-refractivity contribution in [1.82, 2.24) is 5.32 Å². The van der Waals surface area contributed by atoms with Crippen LogP contribution in [0.5, 0.6) is 0 Å². The van der Waals surface area contributed by atoms with Crippen LogP contribution in [0.25, 0.3) is 0 Å². The van der Waals surface area contributed by atoms with Crippen molar-refractivity contribution in [1.29, 1.82) is 15.8 Å². The molecule has 0 aromatic heterocycles. The number of nitriles is 3. The molecule has 0 saturated carbocycles. The smallest absolute Gasteiger partial charge is 0.309 e. The summed E-state index contributed by atoms with van der Waals surface area (Å²) in [6.07, 6.45) is 2.73. The summed E-state index contributed by atoms with van der Waals surface area (Å²) in [5.74, 6) is -0.359. The van der Waals surface area contributed by atoms with Crippen LogP contribution >= 0.6 is 0 Å². The number of carbonyl (C=O) groups is 1. The number of ether oxygens (including phenoxy) is 1. The standard InChI is InChI=1S/C18H20N4O2/c1-4-5-17(23)24-7-6-22-16-9-18(2,3)8-14(15(16)12-21)13(10-19)11-20/h4,22H,1,5-9H2,2-3H3. The topological polar surface area (TPSA) is 110 Å². The predicted molar refractivity (Wildman–Crippen MR) is 87.7 cm³/mol. The van der Waals surface area contributed by atoms with Crippen LogP contribution in [-0.2, 0) is 9.53 Å². The highest BCUT2D eigenvalue weighted by molar-refractivity contribution is 5.70. The van der Waals surface area contributed by atoms with Crippen LogP contribution in [-0.4, -0.2) is 19.1 Å². The Bertz CT molecular complexity index is 693. The lowest BCUT2D eigenvalue weighted by Gasteiger charge is -2.33. The first-order valence-corrected chi connectivity index (χ1v) is 7.56. The summed E-state index contributed by atoms with van der Waals surface area (Å²) in [6.45, 7) is 8.00. The molecular weight excluding hydrogens is 304 g/mol. The molecule has 0 fully saturated rings. The van der Waals surface area contributed by atoms with Crippen molar-refractivity contribution >= 4 is 5.97 Å². The lowest BCUT2D eigenvalue weighted by molar-refractivity contribution is -0.142. The fourth-order valence-electron chi connectivity index (χ4n) is 2.58. The molecule has 0 aliphatic heterocycles. The number of nitrogens with one attached hydrogen (secondary N) is 1.